The zero-order valence-corrected chi connectivity index (χ0v) is 17.2. The molecule has 0 amide bonds. The van der Waals surface area contributed by atoms with E-state index in [-0.39, 0.29) is 0 Å². The molecule has 1 fully saturated rings. The zero-order chi connectivity index (χ0) is 20.2. The van der Waals surface area contributed by atoms with E-state index >= 15 is 0 Å². The van der Waals surface area contributed by atoms with E-state index in [9.17, 15) is 0 Å². The zero-order valence-electron chi connectivity index (χ0n) is 17.2. The molecular formula is C27H27N3. The van der Waals surface area contributed by atoms with E-state index in [0.717, 1.165) is 30.9 Å². The van der Waals surface area contributed by atoms with Gasteiger partial charge < -0.3 is 0 Å². The Morgan fingerprint density at radius 1 is 0.700 bits per heavy atom. The molecule has 1 saturated heterocycles. The van der Waals surface area contributed by atoms with E-state index in [1.807, 2.05) is 0 Å². The lowest BCUT2D eigenvalue weighted by Gasteiger charge is -2.28. The largest absolute Gasteiger partial charge is 0.294 e. The van der Waals surface area contributed by atoms with Crippen molar-refractivity contribution in [3.05, 3.63) is 103 Å². The van der Waals surface area contributed by atoms with Gasteiger partial charge in [0.15, 0.2) is 0 Å². The summed E-state index contributed by atoms with van der Waals surface area (Å²) in [4.78, 5) is 2.62. The Morgan fingerprint density at radius 2 is 1.27 bits per heavy atom. The van der Waals surface area contributed by atoms with Gasteiger partial charge in [-0.05, 0) is 43.1 Å². The van der Waals surface area contributed by atoms with Crippen molar-refractivity contribution in [1.82, 2.24) is 14.7 Å². The number of likely N-dealkylation sites (tertiary alicyclic amines) is 1. The highest BCUT2D eigenvalue weighted by atomic mass is 15.3. The monoisotopic (exact) mass is 393 g/mol. The SMILES string of the molecule is c1ccc(-c2cc(-c3ccccc3)n(CC(c3ccccc3)N3CCCC3)n2)cc1. The van der Waals surface area contributed by atoms with Crippen LogP contribution in [0, 0.1) is 0 Å². The molecule has 0 bridgehead atoms. The van der Waals surface area contributed by atoms with Crippen LogP contribution >= 0.6 is 0 Å². The minimum absolute atomic E-state index is 0.333. The molecule has 3 nitrogen and oxygen atoms in total. The first-order valence-electron chi connectivity index (χ1n) is 10.9. The van der Waals surface area contributed by atoms with Crippen molar-refractivity contribution >= 4 is 0 Å². The molecule has 0 saturated carbocycles. The van der Waals surface area contributed by atoms with E-state index in [2.05, 4.69) is 107 Å². The minimum Gasteiger partial charge on any atom is -0.294 e. The third-order valence-electron chi connectivity index (χ3n) is 6.03. The predicted octanol–water partition coefficient (Wildman–Crippen LogP) is 6.05. The van der Waals surface area contributed by atoms with E-state index in [0.29, 0.717) is 6.04 Å². The van der Waals surface area contributed by atoms with Crippen LogP contribution < -0.4 is 0 Å². The van der Waals surface area contributed by atoms with Gasteiger partial charge in [0, 0.05) is 5.56 Å². The summed E-state index contributed by atoms with van der Waals surface area (Å²) in [7, 11) is 0. The second-order valence-electron chi connectivity index (χ2n) is 8.00. The molecule has 5 rings (SSSR count). The van der Waals surface area contributed by atoms with Crippen molar-refractivity contribution in [3.8, 4) is 22.5 Å². The van der Waals surface area contributed by atoms with Crippen molar-refractivity contribution in [2.45, 2.75) is 25.4 Å². The van der Waals surface area contributed by atoms with Crippen LogP contribution in [0.4, 0.5) is 0 Å². The average Bonchev–Trinajstić information content (AvgIpc) is 3.50. The summed E-state index contributed by atoms with van der Waals surface area (Å²) in [5.74, 6) is 0. The third-order valence-corrected chi connectivity index (χ3v) is 6.03. The number of benzene rings is 3. The molecule has 2 heterocycles. The molecule has 0 N–H and O–H groups in total. The Labute approximate surface area is 178 Å². The summed E-state index contributed by atoms with van der Waals surface area (Å²) in [6, 6.07) is 34.6. The lowest BCUT2D eigenvalue weighted by atomic mass is 10.0. The van der Waals surface area contributed by atoms with Gasteiger partial charge in [-0.1, -0.05) is 91.0 Å². The van der Waals surface area contributed by atoms with Gasteiger partial charge in [-0.3, -0.25) is 9.58 Å². The third kappa shape index (κ3) is 3.94. The van der Waals surface area contributed by atoms with Crippen molar-refractivity contribution in [3.63, 3.8) is 0 Å². The molecule has 3 heteroatoms. The summed E-state index contributed by atoms with van der Waals surface area (Å²) < 4.78 is 2.22. The molecular weight excluding hydrogens is 366 g/mol. The van der Waals surface area contributed by atoms with Crippen LogP contribution in [-0.2, 0) is 6.54 Å². The van der Waals surface area contributed by atoms with Crippen molar-refractivity contribution in [2.24, 2.45) is 0 Å². The second kappa shape index (κ2) is 8.68. The van der Waals surface area contributed by atoms with Crippen molar-refractivity contribution in [2.75, 3.05) is 13.1 Å². The summed E-state index contributed by atoms with van der Waals surface area (Å²) in [6.45, 7) is 3.17. The molecule has 4 aromatic rings. The van der Waals surface area contributed by atoms with Gasteiger partial charge in [0.25, 0.3) is 0 Å². The first kappa shape index (κ1) is 18.8. The molecule has 1 unspecified atom stereocenters. The quantitative estimate of drug-likeness (QED) is 0.397. The summed E-state index contributed by atoms with van der Waals surface area (Å²) in [6.07, 6.45) is 2.56. The van der Waals surface area contributed by atoms with Crippen molar-refractivity contribution < 1.29 is 0 Å². The Bertz CT molecular complexity index is 1070. The topological polar surface area (TPSA) is 21.1 Å². The Morgan fingerprint density at radius 3 is 1.90 bits per heavy atom. The molecule has 0 aliphatic carbocycles. The molecule has 30 heavy (non-hydrogen) atoms. The molecule has 3 aromatic carbocycles. The van der Waals surface area contributed by atoms with Crippen LogP contribution in [0.15, 0.2) is 97.1 Å². The highest BCUT2D eigenvalue weighted by Gasteiger charge is 2.25. The Hall–Kier alpha value is -3.17. The number of hydrogen-bond donors (Lipinski definition) is 0. The van der Waals surface area contributed by atoms with E-state index in [4.69, 9.17) is 5.10 Å². The maximum atomic E-state index is 5.08. The fraction of sp³-hybridized carbons (Fsp3) is 0.222. The Balaban J connectivity index is 1.57. The number of hydrogen-bond acceptors (Lipinski definition) is 2. The van der Waals surface area contributed by atoms with E-state index in [1.54, 1.807) is 0 Å². The second-order valence-corrected chi connectivity index (χ2v) is 8.00. The highest BCUT2D eigenvalue weighted by molar-refractivity contribution is 5.68. The van der Waals surface area contributed by atoms with Crippen LogP contribution in [0.1, 0.15) is 24.4 Å². The van der Waals surface area contributed by atoms with Gasteiger partial charge in [-0.15, -0.1) is 0 Å². The van der Waals surface area contributed by atoms with Crippen LogP contribution in [0.5, 0.6) is 0 Å². The molecule has 1 atom stereocenters. The number of nitrogens with zero attached hydrogens (tertiary/aromatic N) is 3. The smallest absolute Gasteiger partial charge is 0.0929 e. The Kier molecular flexibility index (Phi) is 5.45. The minimum atomic E-state index is 0.333. The summed E-state index contributed by atoms with van der Waals surface area (Å²) >= 11 is 0. The van der Waals surface area contributed by atoms with E-state index < -0.39 is 0 Å². The lowest BCUT2D eigenvalue weighted by Crippen LogP contribution is -2.29. The van der Waals surface area contributed by atoms with E-state index in [1.165, 1.54) is 29.7 Å². The van der Waals surface area contributed by atoms with Crippen molar-refractivity contribution in [1.29, 1.82) is 0 Å². The number of aromatic nitrogens is 2. The standard InChI is InChI=1S/C27H27N3/c1-4-12-22(13-5-1)25-20-26(23-14-6-2-7-15-23)30(28-25)21-27(29-18-10-11-19-29)24-16-8-3-9-17-24/h1-9,12-17,20,27H,10-11,18-19,21H2. The van der Waals surface area contributed by atoms with Gasteiger partial charge in [0.1, 0.15) is 0 Å². The van der Waals surface area contributed by atoms with Crippen LogP contribution in [0.3, 0.4) is 0 Å². The average molecular weight is 394 g/mol. The fourth-order valence-corrected chi connectivity index (χ4v) is 4.47. The lowest BCUT2D eigenvalue weighted by molar-refractivity contribution is 0.217. The van der Waals surface area contributed by atoms with Crippen LogP contribution in [0.2, 0.25) is 0 Å². The summed E-state index contributed by atoms with van der Waals surface area (Å²) in [5, 5.41) is 5.08. The normalized spacial score (nSPS) is 15.3. The summed E-state index contributed by atoms with van der Waals surface area (Å²) in [5.41, 5.74) is 5.94. The molecule has 0 spiro atoms. The van der Waals surface area contributed by atoms with Crippen LogP contribution in [0.25, 0.3) is 22.5 Å². The maximum absolute atomic E-state index is 5.08. The predicted molar refractivity (Wildman–Crippen MR) is 123 cm³/mol. The van der Waals surface area contributed by atoms with Gasteiger partial charge >= 0.3 is 0 Å². The fourth-order valence-electron chi connectivity index (χ4n) is 4.47. The number of rotatable bonds is 6. The van der Waals surface area contributed by atoms with Crippen LogP contribution in [-0.4, -0.2) is 27.8 Å². The molecule has 1 aliphatic rings. The molecule has 0 radical (unpaired) electrons. The maximum Gasteiger partial charge on any atom is 0.0929 e. The molecule has 150 valence electrons. The first-order valence-corrected chi connectivity index (χ1v) is 10.9. The van der Waals surface area contributed by atoms with Gasteiger partial charge in [0.2, 0.25) is 0 Å². The molecule has 1 aliphatic heterocycles. The first-order chi connectivity index (χ1) is 14.9. The van der Waals surface area contributed by atoms with Gasteiger partial charge in [-0.25, -0.2) is 0 Å². The molecule has 1 aromatic heterocycles. The van der Waals surface area contributed by atoms with Gasteiger partial charge in [-0.2, -0.15) is 5.10 Å². The van der Waals surface area contributed by atoms with Gasteiger partial charge in [0.05, 0.1) is 24.0 Å². The highest BCUT2D eigenvalue weighted by Crippen LogP contribution is 2.31.